The Morgan fingerprint density at radius 3 is 2.83 bits per heavy atom. The maximum absolute atomic E-state index is 5.22. The molecule has 0 saturated carbocycles. The van der Waals surface area contributed by atoms with Gasteiger partial charge in [0.25, 0.3) is 0 Å². The van der Waals surface area contributed by atoms with Crippen LogP contribution in [0.2, 0.25) is 0 Å². The smallest absolute Gasteiger partial charge is 0.0953 e. The molecule has 3 heteroatoms. The van der Waals surface area contributed by atoms with E-state index in [2.05, 4.69) is 60.0 Å². The van der Waals surface area contributed by atoms with Crippen LogP contribution in [0.15, 0.2) is 41.2 Å². The summed E-state index contributed by atoms with van der Waals surface area (Å²) in [6.45, 7) is 5.33. The molecular formula is C15H18INO. The maximum Gasteiger partial charge on any atom is 0.0953 e. The molecule has 0 aliphatic rings. The van der Waals surface area contributed by atoms with Crippen molar-refractivity contribution in [3.05, 3.63) is 57.1 Å². The lowest BCUT2D eigenvalue weighted by Gasteiger charge is -2.20. The van der Waals surface area contributed by atoms with Crippen LogP contribution < -0.4 is 5.32 Å². The Kier molecular flexibility index (Phi) is 4.83. The minimum absolute atomic E-state index is 0.218. The van der Waals surface area contributed by atoms with Gasteiger partial charge in [0.2, 0.25) is 0 Å². The van der Waals surface area contributed by atoms with Crippen LogP contribution >= 0.6 is 22.6 Å². The largest absolute Gasteiger partial charge is 0.472 e. The summed E-state index contributed by atoms with van der Waals surface area (Å²) < 4.78 is 6.55. The Bertz CT molecular complexity index is 493. The van der Waals surface area contributed by atoms with E-state index in [4.69, 9.17) is 4.42 Å². The summed E-state index contributed by atoms with van der Waals surface area (Å²) in [5.74, 6) is 0. The van der Waals surface area contributed by atoms with Crippen LogP contribution in [0.5, 0.6) is 0 Å². The molecule has 2 rings (SSSR count). The summed E-state index contributed by atoms with van der Waals surface area (Å²) in [5.41, 5.74) is 3.83. The molecular weight excluding hydrogens is 337 g/mol. The molecule has 1 aromatic heterocycles. The summed E-state index contributed by atoms with van der Waals surface area (Å²) in [7, 11) is 0. The number of benzene rings is 1. The van der Waals surface area contributed by atoms with Crippen molar-refractivity contribution in [3.8, 4) is 0 Å². The Labute approximate surface area is 122 Å². The predicted octanol–water partition coefficient (Wildman–Crippen LogP) is 4.28. The summed E-state index contributed by atoms with van der Waals surface area (Å²) in [6, 6.07) is 8.71. The second-order valence-electron chi connectivity index (χ2n) is 4.42. The molecule has 0 fully saturated rings. The first kappa shape index (κ1) is 13.6. The first-order chi connectivity index (χ1) is 8.74. The van der Waals surface area contributed by atoms with E-state index in [1.165, 1.54) is 20.3 Å². The molecule has 2 nitrogen and oxygen atoms in total. The van der Waals surface area contributed by atoms with Crippen LogP contribution in [0, 0.1) is 10.5 Å². The highest BCUT2D eigenvalue weighted by atomic mass is 127. The molecule has 1 N–H and O–H groups in total. The van der Waals surface area contributed by atoms with Crippen molar-refractivity contribution in [2.24, 2.45) is 0 Å². The molecule has 1 unspecified atom stereocenters. The molecule has 0 aliphatic heterocycles. The monoisotopic (exact) mass is 355 g/mol. The van der Waals surface area contributed by atoms with E-state index in [1.807, 2.05) is 12.3 Å². The summed E-state index contributed by atoms with van der Waals surface area (Å²) in [6.07, 6.45) is 4.68. The topological polar surface area (TPSA) is 25.2 Å². The van der Waals surface area contributed by atoms with E-state index in [9.17, 15) is 0 Å². The van der Waals surface area contributed by atoms with Gasteiger partial charge in [-0.25, -0.2) is 0 Å². The number of hydrogen-bond donors (Lipinski definition) is 1. The molecule has 18 heavy (non-hydrogen) atoms. The second-order valence-corrected chi connectivity index (χ2v) is 5.50. The average Bonchev–Trinajstić information content (AvgIpc) is 2.88. The van der Waals surface area contributed by atoms with Crippen molar-refractivity contribution in [2.75, 3.05) is 6.54 Å². The van der Waals surface area contributed by atoms with Crippen molar-refractivity contribution in [3.63, 3.8) is 0 Å². The fourth-order valence-corrected chi connectivity index (χ4v) is 2.70. The number of nitrogens with one attached hydrogen (secondary N) is 1. The molecule has 1 aromatic carbocycles. The molecule has 0 bridgehead atoms. The van der Waals surface area contributed by atoms with Gasteiger partial charge in [-0.1, -0.05) is 25.1 Å². The zero-order chi connectivity index (χ0) is 13.0. The number of aryl methyl sites for hydroxylation is 1. The van der Waals surface area contributed by atoms with Gasteiger partial charge in [0.1, 0.15) is 0 Å². The lowest BCUT2D eigenvalue weighted by Crippen LogP contribution is -2.23. The van der Waals surface area contributed by atoms with E-state index in [1.54, 1.807) is 6.26 Å². The van der Waals surface area contributed by atoms with Gasteiger partial charge in [0.15, 0.2) is 0 Å². The summed E-state index contributed by atoms with van der Waals surface area (Å²) in [4.78, 5) is 0. The van der Waals surface area contributed by atoms with E-state index in [0.29, 0.717) is 0 Å². The van der Waals surface area contributed by atoms with Gasteiger partial charge in [-0.2, -0.15) is 0 Å². The van der Waals surface area contributed by atoms with Crippen LogP contribution in [0.1, 0.15) is 36.1 Å². The number of rotatable bonds is 5. The van der Waals surface area contributed by atoms with Crippen molar-refractivity contribution in [1.29, 1.82) is 0 Å². The van der Waals surface area contributed by atoms with Gasteiger partial charge in [0.05, 0.1) is 18.6 Å². The van der Waals surface area contributed by atoms with E-state index in [0.717, 1.165) is 13.0 Å². The fourth-order valence-electron chi connectivity index (χ4n) is 2.03. The maximum atomic E-state index is 5.22. The molecule has 0 radical (unpaired) electrons. The van der Waals surface area contributed by atoms with Gasteiger partial charge in [-0.15, -0.1) is 0 Å². The predicted molar refractivity (Wildman–Crippen MR) is 82.7 cm³/mol. The highest BCUT2D eigenvalue weighted by Gasteiger charge is 2.17. The highest BCUT2D eigenvalue weighted by molar-refractivity contribution is 14.1. The molecule has 96 valence electrons. The van der Waals surface area contributed by atoms with E-state index < -0.39 is 0 Å². The summed E-state index contributed by atoms with van der Waals surface area (Å²) in [5, 5.41) is 3.59. The third-order valence-corrected chi connectivity index (χ3v) is 4.48. The Balaban J connectivity index is 2.37. The Morgan fingerprint density at radius 2 is 2.17 bits per heavy atom. The van der Waals surface area contributed by atoms with Crippen LogP contribution in [-0.2, 0) is 0 Å². The first-order valence-corrected chi connectivity index (χ1v) is 7.32. The SMILES string of the molecule is CCCNC(c1ccoc1)c1cccc(C)c1I. The molecule has 0 saturated heterocycles. The number of halogens is 1. The van der Waals surface area contributed by atoms with Gasteiger partial charge >= 0.3 is 0 Å². The van der Waals surface area contributed by atoms with Gasteiger partial charge in [-0.3, -0.25) is 0 Å². The third-order valence-electron chi connectivity index (χ3n) is 3.01. The molecule has 0 amide bonds. The molecule has 0 aliphatic carbocycles. The molecule has 1 heterocycles. The quantitative estimate of drug-likeness (QED) is 0.810. The van der Waals surface area contributed by atoms with Crippen LogP contribution in [-0.4, -0.2) is 6.54 Å². The highest BCUT2D eigenvalue weighted by Crippen LogP contribution is 2.28. The summed E-state index contributed by atoms with van der Waals surface area (Å²) >= 11 is 2.43. The number of hydrogen-bond acceptors (Lipinski definition) is 2. The van der Waals surface area contributed by atoms with Gasteiger partial charge in [0, 0.05) is 9.13 Å². The van der Waals surface area contributed by atoms with E-state index in [-0.39, 0.29) is 6.04 Å². The van der Waals surface area contributed by atoms with Crippen LogP contribution in [0.3, 0.4) is 0 Å². The van der Waals surface area contributed by atoms with E-state index >= 15 is 0 Å². The van der Waals surface area contributed by atoms with Crippen LogP contribution in [0.4, 0.5) is 0 Å². The standard InChI is InChI=1S/C15H18INO/c1-3-8-17-15(12-7-9-18-10-12)13-6-4-5-11(2)14(13)16/h4-7,9-10,15,17H,3,8H2,1-2H3. The lowest BCUT2D eigenvalue weighted by molar-refractivity contribution is 0.547. The minimum atomic E-state index is 0.218. The van der Waals surface area contributed by atoms with Crippen molar-refractivity contribution in [2.45, 2.75) is 26.3 Å². The van der Waals surface area contributed by atoms with Gasteiger partial charge in [-0.05, 0) is 59.7 Å². The molecule has 1 atom stereocenters. The lowest BCUT2D eigenvalue weighted by atomic mass is 9.99. The Morgan fingerprint density at radius 1 is 1.33 bits per heavy atom. The van der Waals surface area contributed by atoms with Crippen molar-refractivity contribution >= 4 is 22.6 Å². The zero-order valence-corrected chi connectivity index (χ0v) is 12.9. The average molecular weight is 355 g/mol. The molecule has 2 aromatic rings. The third kappa shape index (κ3) is 2.95. The Hall–Kier alpha value is -0.810. The normalized spacial score (nSPS) is 12.6. The fraction of sp³-hybridized carbons (Fsp3) is 0.333. The van der Waals surface area contributed by atoms with Crippen molar-refractivity contribution in [1.82, 2.24) is 5.32 Å². The van der Waals surface area contributed by atoms with Gasteiger partial charge < -0.3 is 9.73 Å². The molecule has 0 spiro atoms. The zero-order valence-electron chi connectivity index (χ0n) is 10.7. The van der Waals surface area contributed by atoms with Crippen molar-refractivity contribution < 1.29 is 4.42 Å². The minimum Gasteiger partial charge on any atom is -0.472 e. The second kappa shape index (κ2) is 6.38. The first-order valence-electron chi connectivity index (χ1n) is 6.24. The van der Waals surface area contributed by atoms with Crippen LogP contribution in [0.25, 0.3) is 0 Å². The number of furan rings is 1.